The van der Waals surface area contributed by atoms with Gasteiger partial charge in [0.25, 0.3) is 0 Å². The van der Waals surface area contributed by atoms with Crippen LogP contribution in [-0.4, -0.2) is 20.9 Å². The van der Waals surface area contributed by atoms with E-state index in [4.69, 9.17) is 5.11 Å². The molecule has 0 fully saturated rings. The molecule has 0 bridgehead atoms. The number of rotatable bonds is 2. The van der Waals surface area contributed by atoms with E-state index in [-0.39, 0.29) is 5.56 Å². The quantitative estimate of drug-likeness (QED) is 0.865. The highest BCUT2D eigenvalue weighted by atomic mass is 127. The Morgan fingerprint density at radius 2 is 2.00 bits per heavy atom. The van der Waals surface area contributed by atoms with Gasteiger partial charge in [-0.25, -0.2) is 9.48 Å². The predicted molar refractivity (Wildman–Crippen MR) is 63.2 cm³/mol. The van der Waals surface area contributed by atoms with E-state index in [0.717, 1.165) is 9.26 Å². The number of hydrogen-bond donors (Lipinski definition) is 1. The summed E-state index contributed by atoms with van der Waals surface area (Å²) in [6.45, 7) is 0. The van der Waals surface area contributed by atoms with Crippen molar-refractivity contribution in [3.05, 3.63) is 45.8 Å². The average Bonchev–Trinajstić information content (AvgIpc) is 2.65. The van der Waals surface area contributed by atoms with Gasteiger partial charge in [0, 0.05) is 6.20 Å². The van der Waals surface area contributed by atoms with E-state index in [1.807, 2.05) is 6.20 Å². The van der Waals surface area contributed by atoms with Crippen LogP contribution >= 0.6 is 22.6 Å². The number of benzene rings is 1. The first-order valence-electron chi connectivity index (χ1n) is 4.21. The zero-order valence-corrected chi connectivity index (χ0v) is 9.75. The van der Waals surface area contributed by atoms with Gasteiger partial charge in [-0.3, -0.25) is 0 Å². The fourth-order valence-corrected chi connectivity index (χ4v) is 1.59. The molecule has 1 aromatic carbocycles. The van der Waals surface area contributed by atoms with E-state index in [1.54, 1.807) is 35.1 Å². The number of carbonyl (C=O) groups is 1. The number of hydrogen-bond acceptors (Lipinski definition) is 2. The maximum absolute atomic E-state index is 10.6. The van der Waals surface area contributed by atoms with Gasteiger partial charge in [-0.05, 0) is 46.9 Å². The number of aromatic nitrogens is 2. The van der Waals surface area contributed by atoms with Gasteiger partial charge >= 0.3 is 5.97 Å². The predicted octanol–water partition coefficient (Wildman–Crippen LogP) is 2.18. The Hall–Kier alpha value is -1.37. The average molecular weight is 314 g/mol. The van der Waals surface area contributed by atoms with Crippen LogP contribution in [0.4, 0.5) is 0 Å². The molecule has 0 saturated carbocycles. The highest BCUT2D eigenvalue weighted by Gasteiger charge is 2.03. The lowest BCUT2D eigenvalue weighted by Gasteiger charge is -2.00. The lowest BCUT2D eigenvalue weighted by atomic mass is 10.2. The van der Waals surface area contributed by atoms with Crippen LogP contribution in [0.15, 0.2) is 36.7 Å². The van der Waals surface area contributed by atoms with E-state index in [1.165, 1.54) is 0 Å². The zero-order valence-electron chi connectivity index (χ0n) is 7.59. The minimum Gasteiger partial charge on any atom is -0.478 e. The molecule has 0 aliphatic heterocycles. The van der Waals surface area contributed by atoms with Crippen molar-refractivity contribution in [1.82, 2.24) is 9.78 Å². The van der Waals surface area contributed by atoms with Gasteiger partial charge in [-0.1, -0.05) is 0 Å². The Kier molecular flexibility index (Phi) is 2.72. The van der Waals surface area contributed by atoms with Crippen LogP contribution in [0, 0.1) is 3.57 Å². The number of carboxylic acid groups (broad SMARTS) is 1. The number of carboxylic acids is 1. The summed E-state index contributed by atoms with van der Waals surface area (Å²) in [5.41, 5.74) is 1.13. The second kappa shape index (κ2) is 4.01. The molecule has 0 radical (unpaired) electrons. The third-order valence-electron chi connectivity index (χ3n) is 1.93. The lowest BCUT2D eigenvalue weighted by Crippen LogP contribution is -1.98. The molecule has 0 aliphatic carbocycles. The third kappa shape index (κ3) is 2.17. The maximum Gasteiger partial charge on any atom is 0.335 e. The molecule has 2 aromatic rings. The molecule has 15 heavy (non-hydrogen) atoms. The molecule has 1 aromatic heterocycles. The summed E-state index contributed by atoms with van der Waals surface area (Å²) in [5.74, 6) is -0.920. The summed E-state index contributed by atoms with van der Waals surface area (Å²) in [6, 6.07) is 6.58. The fourth-order valence-electron chi connectivity index (χ4n) is 1.20. The van der Waals surface area contributed by atoms with Crippen molar-refractivity contribution in [2.45, 2.75) is 0 Å². The molecule has 0 atom stereocenters. The van der Waals surface area contributed by atoms with Gasteiger partial charge in [-0.15, -0.1) is 0 Å². The molecule has 0 amide bonds. The summed E-state index contributed by atoms with van der Waals surface area (Å²) in [5, 5.41) is 12.8. The fraction of sp³-hybridized carbons (Fsp3) is 0. The van der Waals surface area contributed by atoms with Crippen molar-refractivity contribution in [2.24, 2.45) is 0 Å². The van der Waals surface area contributed by atoms with Crippen LogP contribution in [0.25, 0.3) is 5.69 Å². The van der Waals surface area contributed by atoms with Crippen LogP contribution in [0.1, 0.15) is 10.4 Å². The Labute approximate surface area is 99.7 Å². The van der Waals surface area contributed by atoms with Gasteiger partial charge in [0.15, 0.2) is 0 Å². The summed E-state index contributed by atoms with van der Waals surface area (Å²) < 4.78 is 2.74. The standard InChI is InChI=1S/C10H7IN2O2/c11-8-5-12-13(6-8)9-3-1-7(2-4-9)10(14)15/h1-6H,(H,14,15). The smallest absolute Gasteiger partial charge is 0.335 e. The van der Waals surface area contributed by atoms with E-state index in [2.05, 4.69) is 27.7 Å². The van der Waals surface area contributed by atoms with Crippen LogP contribution in [-0.2, 0) is 0 Å². The van der Waals surface area contributed by atoms with Gasteiger partial charge < -0.3 is 5.11 Å². The zero-order chi connectivity index (χ0) is 10.8. The second-order valence-electron chi connectivity index (χ2n) is 2.96. The molecule has 1 N–H and O–H groups in total. The van der Waals surface area contributed by atoms with Crippen molar-refractivity contribution >= 4 is 28.6 Å². The van der Waals surface area contributed by atoms with E-state index < -0.39 is 5.97 Å². The highest BCUT2D eigenvalue weighted by molar-refractivity contribution is 14.1. The topological polar surface area (TPSA) is 55.1 Å². The summed E-state index contributed by atoms with van der Waals surface area (Å²) >= 11 is 2.17. The molecule has 0 aliphatic rings. The van der Waals surface area contributed by atoms with Crippen LogP contribution in [0.2, 0.25) is 0 Å². The first-order chi connectivity index (χ1) is 7.16. The molecular formula is C10H7IN2O2. The van der Waals surface area contributed by atoms with Crippen LogP contribution < -0.4 is 0 Å². The molecule has 0 spiro atoms. The Bertz CT molecular complexity index is 490. The van der Waals surface area contributed by atoms with Gasteiger partial charge in [0.2, 0.25) is 0 Å². The minimum atomic E-state index is -0.920. The van der Waals surface area contributed by atoms with E-state index in [9.17, 15) is 4.79 Å². The minimum absolute atomic E-state index is 0.278. The molecule has 1 heterocycles. The maximum atomic E-state index is 10.6. The Balaban J connectivity index is 2.35. The van der Waals surface area contributed by atoms with Crippen molar-refractivity contribution in [2.75, 3.05) is 0 Å². The second-order valence-corrected chi connectivity index (χ2v) is 4.20. The summed E-state index contributed by atoms with van der Waals surface area (Å²) in [7, 11) is 0. The van der Waals surface area contributed by atoms with Gasteiger partial charge in [0.1, 0.15) is 0 Å². The van der Waals surface area contributed by atoms with Crippen molar-refractivity contribution < 1.29 is 9.90 Å². The number of halogens is 1. The first-order valence-corrected chi connectivity index (χ1v) is 5.28. The molecule has 4 nitrogen and oxygen atoms in total. The van der Waals surface area contributed by atoms with Gasteiger partial charge in [0.05, 0.1) is 21.0 Å². The van der Waals surface area contributed by atoms with Crippen molar-refractivity contribution in [3.63, 3.8) is 0 Å². The highest BCUT2D eigenvalue weighted by Crippen LogP contribution is 2.11. The first kappa shape index (κ1) is 10.2. The summed E-state index contributed by atoms with van der Waals surface area (Å²) in [6.07, 6.45) is 3.61. The SMILES string of the molecule is O=C(O)c1ccc(-n2cc(I)cn2)cc1. The molecule has 2 rings (SSSR count). The number of aromatic carboxylic acids is 1. The largest absolute Gasteiger partial charge is 0.478 e. The monoisotopic (exact) mass is 314 g/mol. The lowest BCUT2D eigenvalue weighted by molar-refractivity contribution is 0.0697. The molecule has 76 valence electrons. The summed E-state index contributed by atoms with van der Waals surface area (Å²) in [4.78, 5) is 10.6. The van der Waals surface area contributed by atoms with Crippen LogP contribution in [0.5, 0.6) is 0 Å². The van der Waals surface area contributed by atoms with E-state index >= 15 is 0 Å². The third-order valence-corrected chi connectivity index (χ3v) is 2.49. The molecular weight excluding hydrogens is 307 g/mol. The Morgan fingerprint density at radius 1 is 1.33 bits per heavy atom. The molecule has 5 heteroatoms. The molecule has 0 unspecified atom stereocenters. The van der Waals surface area contributed by atoms with Crippen molar-refractivity contribution in [1.29, 1.82) is 0 Å². The van der Waals surface area contributed by atoms with Crippen molar-refractivity contribution in [3.8, 4) is 5.69 Å². The normalized spacial score (nSPS) is 10.2. The molecule has 0 saturated heterocycles. The Morgan fingerprint density at radius 3 is 2.47 bits per heavy atom. The van der Waals surface area contributed by atoms with Crippen LogP contribution in [0.3, 0.4) is 0 Å². The van der Waals surface area contributed by atoms with Gasteiger partial charge in [-0.2, -0.15) is 5.10 Å². The van der Waals surface area contributed by atoms with E-state index in [0.29, 0.717) is 0 Å². The number of nitrogens with zero attached hydrogens (tertiary/aromatic N) is 2.